The van der Waals surface area contributed by atoms with Crippen molar-refractivity contribution in [2.75, 3.05) is 6.54 Å². The molecule has 0 aromatic rings. The molecule has 2 N–H and O–H groups in total. The number of halogens is 1. The lowest BCUT2D eigenvalue weighted by atomic mass is 9.95. The van der Waals surface area contributed by atoms with Gasteiger partial charge in [0.25, 0.3) is 0 Å². The van der Waals surface area contributed by atoms with Crippen molar-refractivity contribution in [2.24, 2.45) is 0 Å². The summed E-state index contributed by atoms with van der Waals surface area (Å²) in [6, 6.07) is 0.856. The molecule has 3 heterocycles. The molecule has 18 heavy (non-hydrogen) atoms. The fourth-order valence-corrected chi connectivity index (χ4v) is 3.38. The van der Waals surface area contributed by atoms with E-state index in [9.17, 15) is 4.79 Å². The average molecular weight is 275 g/mol. The highest BCUT2D eigenvalue weighted by atomic mass is 35.5. The zero-order chi connectivity index (χ0) is 11.7. The fraction of sp³-hybridized carbons (Fsp3) is 0.923. The van der Waals surface area contributed by atoms with Gasteiger partial charge in [-0.1, -0.05) is 0 Å². The van der Waals surface area contributed by atoms with Gasteiger partial charge in [-0.15, -0.1) is 12.4 Å². The quantitative estimate of drug-likeness (QED) is 0.814. The van der Waals surface area contributed by atoms with E-state index in [1.165, 1.54) is 19.3 Å². The fourth-order valence-electron chi connectivity index (χ4n) is 3.38. The van der Waals surface area contributed by atoms with Gasteiger partial charge in [-0.3, -0.25) is 4.79 Å². The number of nitrogens with one attached hydrogen (secondary N) is 2. The van der Waals surface area contributed by atoms with Gasteiger partial charge in [-0.25, -0.2) is 0 Å². The number of ether oxygens (including phenoxy) is 1. The smallest absolute Gasteiger partial charge is 0.220 e. The Labute approximate surface area is 115 Å². The topological polar surface area (TPSA) is 50.4 Å². The van der Waals surface area contributed by atoms with Crippen LogP contribution in [0.4, 0.5) is 0 Å². The van der Waals surface area contributed by atoms with Crippen molar-refractivity contribution >= 4 is 18.3 Å². The lowest BCUT2D eigenvalue weighted by Crippen LogP contribution is -2.41. The molecule has 4 nitrogen and oxygen atoms in total. The molecule has 104 valence electrons. The Kier molecular flexibility index (Phi) is 4.87. The summed E-state index contributed by atoms with van der Waals surface area (Å²) in [5, 5.41) is 6.57. The standard InChI is InChI=1S/C13H22N2O2.ClH/c16-13(6-3-9-2-1-7-14-9)15-11-8-10-4-5-12(11)17-10;/h9-12,14H,1-8H2,(H,15,16);1H. The second kappa shape index (κ2) is 6.22. The van der Waals surface area contributed by atoms with Crippen LogP contribution in [0, 0.1) is 0 Å². The zero-order valence-corrected chi connectivity index (χ0v) is 11.5. The Hall–Kier alpha value is -0.320. The molecule has 4 unspecified atom stereocenters. The van der Waals surface area contributed by atoms with Crippen LogP contribution in [0.15, 0.2) is 0 Å². The lowest BCUT2D eigenvalue weighted by Gasteiger charge is -2.20. The Balaban J connectivity index is 0.00000120. The minimum atomic E-state index is 0. The second-order valence-corrected chi connectivity index (χ2v) is 5.62. The predicted molar refractivity (Wildman–Crippen MR) is 71.9 cm³/mol. The Bertz CT molecular complexity index is 295. The van der Waals surface area contributed by atoms with E-state index in [2.05, 4.69) is 10.6 Å². The normalized spacial score (nSPS) is 37.6. The van der Waals surface area contributed by atoms with Gasteiger partial charge in [-0.05, 0) is 45.1 Å². The maximum absolute atomic E-state index is 11.8. The summed E-state index contributed by atoms with van der Waals surface area (Å²) in [7, 11) is 0. The minimum Gasteiger partial charge on any atom is -0.373 e. The first-order chi connectivity index (χ1) is 8.31. The van der Waals surface area contributed by atoms with Crippen molar-refractivity contribution in [3.8, 4) is 0 Å². The van der Waals surface area contributed by atoms with Crippen molar-refractivity contribution in [1.82, 2.24) is 10.6 Å². The van der Waals surface area contributed by atoms with Crippen molar-refractivity contribution < 1.29 is 9.53 Å². The average Bonchev–Trinajstić information content (AvgIpc) is 3.03. The molecule has 0 aliphatic carbocycles. The van der Waals surface area contributed by atoms with Gasteiger partial charge in [0.1, 0.15) is 0 Å². The van der Waals surface area contributed by atoms with Gasteiger partial charge in [0.2, 0.25) is 5.91 Å². The van der Waals surface area contributed by atoms with Crippen LogP contribution in [0.5, 0.6) is 0 Å². The zero-order valence-electron chi connectivity index (χ0n) is 10.7. The van der Waals surface area contributed by atoms with Gasteiger partial charge in [0.15, 0.2) is 0 Å². The van der Waals surface area contributed by atoms with Crippen LogP contribution in [0.1, 0.15) is 44.9 Å². The molecule has 3 fully saturated rings. The van der Waals surface area contributed by atoms with Gasteiger partial charge < -0.3 is 15.4 Å². The second-order valence-electron chi connectivity index (χ2n) is 5.62. The van der Waals surface area contributed by atoms with Gasteiger partial charge in [0, 0.05) is 12.5 Å². The SMILES string of the molecule is Cl.O=C(CCC1CCCN1)NC1CC2CCC1O2. The Morgan fingerprint density at radius 1 is 1.33 bits per heavy atom. The van der Waals surface area contributed by atoms with E-state index < -0.39 is 0 Å². The van der Waals surface area contributed by atoms with E-state index in [-0.39, 0.29) is 24.4 Å². The summed E-state index contributed by atoms with van der Waals surface area (Å²) in [4.78, 5) is 11.8. The first kappa shape index (κ1) is 14.1. The van der Waals surface area contributed by atoms with E-state index in [4.69, 9.17) is 4.74 Å². The molecule has 2 bridgehead atoms. The van der Waals surface area contributed by atoms with Crippen LogP contribution >= 0.6 is 12.4 Å². The molecular formula is C13H23ClN2O2. The summed E-state index contributed by atoms with van der Waals surface area (Å²) in [5.41, 5.74) is 0. The number of amides is 1. The summed E-state index contributed by atoms with van der Waals surface area (Å²) < 4.78 is 5.74. The predicted octanol–water partition coefficient (Wildman–Crippen LogP) is 1.38. The summed E-state index contributed by atoms with van der Waals surface area (Å²) >= 11 is 0. The number of carbonyl (C=O) groups is 1. The third kappa shape index (κ3) is 3.16. The molecule has 0 aromatic heterocycles. The van der Waals surface area contributed by atoms with E-state index in [0.29, 0.717) is 24.7 Å². The van der Waals surface area contributed by atoms with Crippen LogP contribution in [0.25, 0.3) is 0 Å². The number of hydrogen-bond acceptors (Lipinski definition) is 3. The van der Waals surface area contributed by atoms with Crippen LogP contribution in [0.3, 0.4) is 0 Å². The molecule has 3 aliphatic rings. The molecule has 0 aromatic carbocycles. The van der Waals surface area contributed by atoms with Crippen molar-refractivity contribution in [3.63, 3.8) is 0 Å². The third-order valence-electron chi connectivity index (χ3n) is 4.33. The van der Waals surface area contributed by atoms with E-state index in [1.807, 2.05) is 0 Å². The monoisotopic (exact) mass is 274 g/mol. The highest BCUT2D eigenvalue weighted by Gasteiger charge is 2.41. The Morgan fingerprint density at radius 2 is 2.22 bits per heavy atom. The van der Waals surface area contributed by atoms with Crippen LogP contribution in [-0.2, 0) is 9.53 Å². The maximum Gasteiger partial charge on any atom is 0.220 e. The first-order valence-electron chi connectivity index (χ1n) is 6.99. The van der Waals surface area contributed by atoms with E-state index in [0.717, 1.165) is 25.8 Å². The molecule has 5 heteroatoms. The summed E-state index contributed by atoms with van der Waals surface area (Å²) in [6.45, 7) is 1.12. The number of rotatable bonds is 4. The van der Waals surface area contributed by atoms with Crippen molar-refractivity contribution in [3.05, 3.63) is 0 Å². The number of carbonyl (C=O) groups excluding carboxylic acids is 1. The largest absolute Gasteiger partial charge is 0.373 e. The first-order valence-corrected chi connectivity index (χ1v) is 6.99. The molecule has 3 rings (SSSR count). The molecule has 1 amide bonds. The van der Waals surface area contributed by atoms with E-state index >= 15 is 0 Å². The van der Waals surface area contributed by atoms with Gasteiger partial charge in [-0.2, -0.15) is 0 Å². The molecular weight excluding hydrogens is 252 g/mol. The van der Waals surface area contributed by atoms with Crippen molar-refractivity contribution in [1.29, 1.82) is 0 Å². The number of fused-ring (bicyclic) bond motifs is 2. The number of hydrogen-bond donors (Lipinski definition) is 2. The molecule has 3 aliphatic heterocycles. The summed E-state index contributed by atoms with van der Waals surface area (Å²) in [5.74, 6) is 0.208. The molecule has 0 spiro atoms. The molecule has 0 saturated carbocycles. The van der Waals surface area contributed by atoms with Crippen LogP contribution in [-0.4, -0.2) is 36.7 Å². The van der Waals surface area contributed by atoms with Crippen molar-refractivity contribution in [2.45, 2.75) is 69.2 Å². The highest BCUT2D eigenvalue weighted by Crippen LogP contribution is 2.34. The highest BCUT2D eigenvalue weighted by molar-refractivity contribution is 5.85. The van der Waals surface area contributed by atoms with E-state index in [1.54, 1.807) is 0 Å². The van der Waals surface area contributed by atoms with Gasteiger partial charge in [0.05, 0.1) is 18.2 Å². The van der Waals surface area contributed by atoms with Crippen LogP contribution < -0.4 is 10.6 Å². The maximum atomic E-state index is 11.8. The minimum absolute atomic E-state index is 0. The Morgan fingerprint density at radius 3 is 2.83 bits per heavy atom. The summed E-state index contributed by atoms with van der Waals surface area (Å²) in [6.07, 6.45) is 8.17. The van der Waals surface area contributed by atoms with Crippen LogP contribution in [0.2, 0.25) is 0 Å². The van der Waals surface area contributed by atoms with Gasteiger partial charge >= 0.3 is 0 Å². The lowest BCUT2D eigenvalue weighted by molar-refractivity contribution is -0.122. The molecule has 4 atom stereocenters. The molecule has 0 radical (unpaired) electrons. The third-order valence-corrected chi connectivity index (χ3v) is 4.33. The molecule has 3 saturated heterocycles.